The van der Waals surface area contributed by atoms with Gasteiger partial charge in [-0.3, -0.25) is 9.59 Å². The molecule has 3 aromatic carbocycles. The Bertz CT molecular complexity index is 1200. The maximum atomic E-state index is 12.0. The molecule has 0 fully saturated rings. The van der Waals surface area contributed by atoms with E-state index in [1.165, 1.54) is 20.4 Å². The van der Waals surface area contributed by atoms with Gasteiger partial charge in [-0.15, -0.1) is 0 Å². The van der Waals surface area contributed by atoms with Gasteiger partial charge in [0.2, 0.25) is 0 Å². The van der Waals surface area contributed by atoms with Crippen molar-refractivity contribution < 1.29 is 23.8 Å². The van der Waals surface area contributed by atoms with E-state index >= 15 is 0 Å². The number of ether oxygens (including phenoxy) is 3. The molecule has 0 unspecified atom stereocenters. The number of carbonyl (C=O) groups excluding carboxylic acids is 2. The highest BCUT2D eigenvalue weighted by Gasteiger charge is 2.14. The predicted molar refractivity (Wildman–Crippen MR) is 134 cm³/mol. The molecule has 3 aromatic rings. The monoisotopic (exact) mass is 545 g/mol. The highest BCUT2D eigenvalue weighted by atomic mass is 79.9. The Morgan fingerprint density at radius 2 is 1.79 bits per heavy atom. The first kappa shape index (κ1) is 25.1. The summed E-state index contributed by atoms with van der Waals surface area (Å²) in [6, 6.07) is 17.3. The van der Waals surface area contributed by atoms with Crippen molar-refractivity contribution in [1.29, 1.82) is 0 Å². The number of hydrogen-bond acceptors (Lipinski definition) is 6. The van der Waals surface area contributed by atoms with Gasteiger partial charge in [0.1, 0.15) is 12.4 Å². The first-order valence-electron chi connectivity index (χ1n) is 9.93. The molecule has 0 aromatic heterocycles. The summed E-state index contributed by atoms with van der Waals surface area (Å²) in [5, 5.41) is 6.94. The molecule has 176 valence electrons. The lowest BCUT2D eigenvalue weighted by Crippen LogP contribution is -2.32. The lowest BCUT2D eigenvalue weighted by Gasteiger charge is -2.13. The van der Waals surface area contributed by atoms with Gasteiger partial charge < -0.3 is 19.5 Å². The maximum absolute atomic E-state index is 12.0. The molecule has 0 heterocycles. The number of carbonyl (C=O) groups is 2. The number of nitrogens with zero attached hydrogens (tertiary/aromatic N) is 1. The molecule has 0 bridgehead atoms. The molecule has 0 aliphatic rings. The number of benzene rings is 3. The summed E-state index contributed by atoms with van der Waals surface area (Å²) in [6.45, 7) is 0.294. The van der Waals surface area contributed by atoms with Crippen LogP contribution in [0, 0.1) is 0 Å². The van der Waals surface area contributed by atoms with Gasteiger partial charge in [-0.1, -0.05) is 23.7 Å². The van der Waals surface area contributed by atoms with Crippen LogP contribution in [0.5, 0.6) is 17.2 Å². The van der Waals surface area contributed by atoms with Crippen molar-refractivity contribution in [3.63, 3.8) is 0 Å². The van der Waals surface area contributed by atoms with Crippen LogP contribution in [0.1, 0.15) is 11.1 Å². The largest absolute Gasteiger partial charge is 0.497 e. The normalized spacial score (nSPS) is 10.6. The molecule has 0 spiro atoms. The summed E-state index contributed by atoms with van der Waals surface area (Å²) in [5.74, 6) is -0.177. The van der Waals surface area contributed by atoms with E-state index in [4.69, 9.17) is 25.8 Å². The van der Waals surface area contributed by atoms with Crippen LogP contribution in [-0.2, 0) is 16.2 Å². The molecular formula is C24H21BrClN3O5. The van der Waals surface area contributed by atoms with Crippen molar-refractivity contribution >= 4 is 51.2 Å². The number of nitrogens with one attached hydrogen (secondary N) is 2. The van der Waals surface area contributed by atoms with Crippen LogP contribution in [0.3, 0.4) is 0 Å². The molecule has 0 aliphatic carbocycles. The smallest absolute Gasteiger partial charge is 0.329 e. The quantitative estimate of drug-likeness (QED) is 0.241. The first-order valence-corrected chi connectivity index (χ1v) is 11.1. The average Bonchev–Trinajstić information content (AvgIpc) is 2.83. The molecule has 0 atom stereocenters. The third-order valence-electron chi connectivity index (χ3n) is 4.46. The van der Waals surface area contributed by atoms with Gasteiger partial charge in [0.15, 0.2) is 11.5 Å². The Morgan fingerprint density at radius 1 is 1.03 bits per heavy atom. The minimum Gasteiger partial charge on any atom is -0.497 e. The van der Waals surface area contributed by atoms with Crippen molar-refractivity contribution in [3.8, 4) is 17.2 Å². The minimum absolute atomic E-state index is 0.294. The highest BCUT2D eigenvalue weighted by molar-refractivity contribution is 9.10. The highest BCUT2D eigenvalue weighted by Crippen LogP contribution is 2.37. The fourth-order valence-electron chi connectivity index (χ4n) is 2.82. The van der Waals surface area contributed by atoms with Crippen LogP contribution < -0.4 is 25.0 Å². The van der Waals surface area contributed by atoms with E-state index in [0.29, 0.717) is 44.6 Å². The number of hydrogen-bond donors (Lipinski definition) is 2. The lowest BCUT2D eigenvalue weighted by atomic mass is 10.2. The van der Waals surface area contributed by atoms with Crippen molar-refractivity contribution in [3.05, 3.63) is 81.3 Å². The van der Waals surface area contributed by atoms with Crippen molar-refractivity contribution in [1.82, 2.24) is 5.43 Å². The molecule has 0 saturated carbocycles. The lowest BCUT2D eigenvalue weighted by molar-refractivity contribution is -0.136. The summed E-state index contributed by atoms with van der Waals surface area (Å²) in [7, 11) is 3.05. The van der Waals surface area contributed by atoms with Crippen molar-refractivity contribution in [2.24, 2.45) is 5.10 Å². The van der Waals surface area contributed by atoms with Crippen LogP contribution in [-0.4, -0.2) is 32.2 Å². The van der Waals surface area contributed by atoms with Crippen LogP contribution in [0.25, 0.3) is 0 Å². The predicted octanol–water partition coefficient (Wildman–Crippen LogP) is 4.79. The Morgan fingerprint density at radius 3 is 2.47 bits per heavy atom. The Hall–Kier alpha value is -3.56. The standard InChI is InChI=1S/C24H21BrClN3O5/c1-32-19-8-6-18(7-9-19)28-23(30)24(31)29-27-13-16-11-20(25)22(21(12-16)33-2)34-14-15-4-3-5-17(26)10-15/h3-13H,14H2,1-2H3,(H,28,30)(H,29,31). The molecule has 3 rings (SSSR count). The van der Waals surface area contributed by atoms with Crippen molar-refractivity contribution in [2.45, 2.75) is 6.61 Å². The second-order valence-electron chi connectivity index (χ2n) is 6.83. The zero-order valence-electron chi connectivity index (χ0n) is 18.3. The SMILES string of the molecule is COc1ccc(NC(=O)C(=O)NN=Cc2cc(Br)c(OCc3cccc(Cl)c3)c(OC)c2)cc1. The third kappa shape index (κ3) is 6.97. The molecule has 2 amide bonds. The maximum Gasteiger partial charge on any atom is 0.329 e. The summed E-state index contributed by atoms with van der Waals surface area (Å²) in [5.41, 5.74) is 4.15. The van der Waals surface area contributed by atoms with E-state index in [1.807, 2.05) is 18.2 Å². The molecule has 10 heteroatoms. The topological polar surface area (TPSA) is 98.2 Å². The summed E-state index contributed by atoms with van der Waals surface area (Å²) >= 11 is 9.48. The molecule has 8 nitrogen and oxygen atoms in total. The van der Waals surface area contributed by atoms with Gasteiger partial charge in [-0.05, 0) is 75.6 Å². The van der Waals surface area contributed by atoms with Gasteiger partial charge in [0.25, 0.3) is 0 Å². The second kappa shape index (κ2) is 12.1. The van der Waals surface area contributed by atoms with Crippen LogP contribution in [0.2, 0.25) is 5.02 Å². The van der Waals surface area contributed by atoms with E-state index in [0.717, 1.165) is 5.56 Å². The fourth-order valence-corrected chi connectivity index (χ4v) is 3.60. The number of anilines is 1. The van der Waals surface area contributed by atoms with Gasteiger partial charge >= 0.3 is 11.8 Å². The summed E-state index contributed by atoms with van der Waals surface area (Å²) < 4.78 is 17.0. The van der Waals surface area contributed by atoms with E-state index in [2.05, 4.69) is 31.8 Å². The van der Waals surface area contributed by atoms with Crippen LogP contribution >= 0.6 is 27.5 Å². The van der Waals surface area contributed by atoms with Crippen molar-refractivity contribution in [2.75, 3.05) is 19.5 Å². The van der Waals surface area contributed by atoms with Gasteiger partial charge in [0, 0.05) is 10.7 Å². The molecule has 34 heavy (non-hydrogen) atoms. The fraction of sp³-hybridized carbons (Fsp3) is 0.125. The summed E-state index contributed by atoms with van der Waals surface area (Å²) in [6.07, 6.45) is 1.38. The van der Waals surface area contributed by atoms with E-state index in [1.54, 1.807) is 42.5 Å². The minimum atomic E-state index is -0.917. The number of halogens is 2. The van der Waals surface area contributed by atoms with Gasteiger partial charge in [0.05, 0.1) is 24.9 Å². The molecule has 0 aliphatic heterocycles. The number of hydrazone groups is 1. The Balaban J connectivity index is 1.60. The molecular weight excluding hydrogens is 526 g/mol. The van der Waals surface area contributed by atoms with E-state index < -0.39 is 11.8 Å². The van der Waals surface area contributed by atoms with Gasteiger partial charge in [-0.2, -0.15) is 5.10 Å². The van der Waals surface area contributed by atoms with E-state index in [9.17, 15) is 9.59 Å². The Kier molecular flexibility index (Phi) is 8.89. The number of methoxy groups -OCH3 is 2. The zero-order chi connectivity index (χ0) is 24.5. The van der Waals surface area contributed by atoms with Crippen LogP contribution in [0.4, 0.5) is 5.69 Å². The Labute approximate surface area is 210 Å². The number of amides is 2. The molecule has 2 N–H and O–H groups in total. The number of rotatable bonds is 8. The van der Waals surface area contributed by atoms with Gasteiger partial charge in [-0.25, -0.2) is 5.43 Å². The second-order valence-corrected chi connectivity index (χ2v) is 8.13. The molecule has 0 saturated heterocycles. The summed E-state index contributed by atoms with van der Waals surface area (Å²) in [4.78, 5) is 24.1. The molecule has 0 radical (unpaired) electrons. The average molecular weight is 547 g/mol. The van der Waals surface area contributed by atoms with Crippen LogP contribution in [0.15, 0.2) is 70.2 Å². The first-order chi connectivity index (χ1) is 16.4. The van der Waals surface area contributed by atoms with E-state index in [-0.39, 0.29) is 0 Å². The zero-order valence-corrected chi connectivity index (χ0v) is 20.6. The third-order valence-corrected chi connectivity index (χ3v) is 5.28.